The third-order valence-electron chi connectivity index (χ3n) is 2.87. The molecule has 1 amide bonds. The molecular weight excluding hydrogens is 259 g/mol. The fraction of sp³-hybridized carbons (Fsp3) is 0.286. The van der Waals surface area contributed by atoms with E-state index in [0.717, 1.165) is 11.3 Å². The Kier molecular flexibility index (Phi) is 4.02. The van der Waals surface area contributed by atoms with Crippen molar-refractivity contribution in [2.75, 3.05) is 10.6 Å². The smallest absolute Gasteiger partial charge is 0.221 e. The Bertz CT molecular complexity index is 636. The van der Waals surface area contributed by atoms with E-state index in [4.69, 9.17) is 0 Å². The Hall–Kier alpha value is -2.37. The van der Waals surface area contributed by atoms with E-state index in [0.29, 0.717) is 17.9 Å². The number of carbonyl (C=O) groups is 1. The highest BCUT2D eigenvalue weighted by atomic mass is 19.1. The maximum atomic E-state index is 13.7. The first-order valence-electron chi connectivity index (χ1n) is 6.26. The van der Waals surface area contributed by atoms with Crippen molar-refractivity contribution < 1.29 is 9.18 Å². The van der Waals surface area contributed by atoms with Crippen molar-refractivity contribution in [3.05, 3.63) is 41.5 Å². The molecule has 0 saturated heterocycles. The molecule has 0 aliphatic rings. The number of halogens is 1. The molecule has 6 heteroatoms. The van der Waals surface area contributed by atoms with Gasteiger partial charge in [-0.05, 0) is 25.1 Å². The van der Waals surface area contributed by atoms with Crippen LogP contribution in [-0.2, 0) is 18.4 Å². The van der Waals surface area contributed by atoms with Gasteiger partial charge in [0.15, 0.2) is 0 Å². The quantitative estimate of drug-likeness (QED) is 0.901. The van der Waals surface area contributed by atoms with E-state index < -0.39 is 0 Å². The van der Waals surface area contributed by atoms with Crippen LogP contribution >= 0.6 is 0 Å². The van der Waals surface area contributed by atoms with Gasteiger partial charge in [0.05, 0.1) is 11.4 Å². The Balaban J connectivity index is 2.12. The predicted octanol–water partition coefficient (Wildman–Crippen LogP) is 2.44. The lowest BCUT2D eigenvalue weighted by Crippen LogP contribution is -2.07. The summed E-state index contributed by atoms with van der Waals surface area (Å²) < 4.78 is 15.4. The zero-order valence-electron chi connectivity index (χ0n) is 11.7. The van der Waals surface area contributed by atoms with E-state index in [1.54, 1.807) is 10.7 Å². The second kappa shape index (κ2) is 5.73. The molecule has 0 bridgehead atoms. The average Bonchev–Trinajstić information content (AvgIpc) is 2.68. The number of aromatic nitrogens is 2. The standard InChI is InChI=1S/C14H17FN4O/c1-9-11(8-19(3)18-9)7-16-14-6-12(17-10(2)20)4-5-13(14)15/h4-6,8,16H,7H2,1-3H3,(H,17,20). The zero-order valence-corrected chi connectivity index (χ0v) is 11.7. The number of aryl methyl sites for hydroxylation is 2. The summed E-state index contributed by atoms with van der Waals surface area (Å²) in [7, 11) is 1.84. The summed E-state index contributed by atoms with van der Waals surface area (Å²) in [4.78, 5) is 11.0. The minimum Gasteiger partial charge on any atom is -0.378 e. The average molecular weight is 276 g/mol. The number of hydrogen-bond acceptors (Lipinski definition) is 3. The Labute approximate surface area is 116 Å². The number of nitrogens with one attached hydrogen (secondary N) is 2. The highest BCUT2D eigenvalue weighted by Gasteiger charge is 2.07. The fourth-order valence-electron chi connectivity index (χ4n) is 1.95. The first kappa shape index (κ1) is 14.0. The van der Waals surface area contributed by atoms with Crippen molar-refractivity contribution >= 4 is 17.3 Å². The topological polar surface area (TPSA) is 59.0 Å². The van der Waals surface area contributed by atoms with E-state index in [-0.39, 0.29) is 11.7 Å². The maximum absolute atomic E-state index is 13.7. The van der Waals surface area contributed by atoms with Crippen LogP contribution in [0.1, 0.15) is 18.2 Å². The molecule has 1 heterocycles. The normalized spacial score (nSPS) is 10.4. The molecule has 1 aromatic carbocycles. The summed E-state index contributed by atoms with van der Waals surface area (Å²) in [6, 6.07) is 4.42. The van der Waals surface area contributed by atoms with E-state index in [1.165, 1.54) is 19.1 Å². The van der Waals surface area contributed by atoms with Crippen LogP contribution in [0.15, 0.2) is 24.4 Å². The van der Waals surface area contributed by atoms with Crippen LogP contribution in [-0.4, -0.2) is 15.7 Å². The number of amides is 1. The lowest BCUT2D eigenvalue weighted by Gasteiger charge is -2.09. The van der Waals surface area contributed by atoms with Crippen molar-refractivity contribution in [2.24, 2.45) is 7.05 Å². The molecule has 0 atom stereocenters. The molecule has 0 spiro atoms. The zero-order chi connectivity index (χ0) is 14.7. The van der Waals surface area contributed by atoms with Gasteiger partial charge in [-0.2, -0.15) is 5.10 Å². The SMILES string of the molecule is CC(=O)Nc1ccc(F)c(NCc2cn(C)nc2C)c1. The second-order valence-electron chi connectivity index (χ2n) is 4.64. The molecular formula is C14H17FN4O. The van der Waals surface area contributed by atoms with Gasteiger partial charge in [-0.25, -0.2) is 4.39 Å². The van der Waals surface area contributed by atoms with Crippen LogP contribution < -0.4 is 10.6 Å². The van der Waals surface area contributed by atoms with Gasteiger partial charge in [-0.1, -0.05) is 0 Å². The third kappa shape index (κ3) is 3.34. The molecule has 2 rings (SSSR count). The van der Waals surface area contributed by atoms with Crippen LogP contribution in [0.4, 0.5) is 15.8 Å². The first-order chi connectivity index (χ1) is 9.45. The molecule has 0 aliphatic carbocycles. The molecule has 5 nitrogen and oxygen atoms in total. The molecule has 2 aromatic rings. The van der Waals surface area contributed by atoms with Crippen molar-refractivity contribution in [1.82, 2.24) is 9.78 Å². The molecule has 106 valence electrons. The van der Waals surface area contributed by atoms with Gasteiger partial charge < -0.3 is 10.6 Å². The van der Waals surface area contributed by atoms with E-state index in [9.17, 15) is 9.18 Å². The molecule has 0 aliphatic heterocycles. The molecule has 0 radical (unpaired) electrons. The highest BCUT2D eigenvalue weighted by Crippen LogP contribution is 2.20. The largest absolute Gasteiger partial charge is 0.378 e. The van der Waals surface area contributed by atoms with Gasteiger partial charge in [0.1, 0.15) is 5.82 Å². The predicted molar refractivity (Wildman–Crippen MR) is 76.0 cm³/mol. The van der Waals surface area contributed by atoms with Crippen LogP contribution in [0.2, 0.25) is 0 Å². The van der Waals surface area contributed by atoms with Gasteiger partial charge in [0.25, 0.3) is 0 Å². The van der Waals surface area contributed by atoms with Gasteiger partial charge in [-0.3, -0.25) is 9.48 Å². The van der Waals surface area contributed by atoms with E-state index in [2.05, 4.69) is 15.7 Å². The first-order valence-corrected chi connectivity index (χ1v) is 6.26. The molecule has 0 fully saturated rings. The van der Waals surface area contributed by atoms with E-state index >= 15 is 0 Å². The fourth-order valence-corrected chi connectivity index (χ4v) is 1.95. The summed E-state index contributed by atoms with van der Waals surface area (Å²) in [5.41, 5.74) is 2.80. The summed E-state index contributed by atoms with van der Waals surface area (Å²) in [6.45, 7) is 3.79. The van der Waals surface area contributed by atoms with E-state index in [1.807, 2.05) is 20.2 Å². The monoisotopic (exact) mass is 276 g/mol. The summed E-state index contributed by atoms with van der Waals surface area (Å²) >= 11 is 0. The molecule has 2 N–H and O–H groups in total. The van der Waals surface area contributed by atoms with Crippen LogP contribution in [0.5, 0.6) is 0 Å². The molecule has 1 aromatic heterocycles. The van der Waals surface area contributed by atoms with Gasteiger partial charge >= 0.3 is 0 Å². The lowest BCUT2D eigenvalue weighted by atomic mass is 10.2. The summed E-state index contributed by atoms with van der Waals surface area (Å²) in [6.07, 6.45) is 1.89. The lowest BCUT2D eigenvalue weighted by molar-refractivity contribution is -0.114. The van der Waals surface area contributed by atoms with Crippen molar-refractivity contribution in [3.63, 3.8) is 0 Å². The van der Waals surface area contributed by atoms with Crippen molar-refractivity contribution in [3.8, 4) is 0 Å². The number of benzene rings is 1. The van der Waals surface area contributed by atoms with Crippen LogP contribution in [0.25, 0.3) is 0 Å². The Morgan fingerprint density at radius 2 is 2.20 bits per heavy atom. The molecule has 0 unspecified atom stereocenters. The maximum Gasteiger partial charge on any atom is 0.221 e. The highest BCUT2D eigenvalue weighted by molar-refractivity contribution is 5.89. The summed E-state index contributed by atoms with van der Waals surface area (Å²) in [5, 5.41) is 9.87. The Morgan fingerprint density at radius 3 is 2.80 bits per heavy atom. The molecule has 0 saturated carbocycles. The van der Waals surface area contributed by atoms with Crippen molar-refractivity contribution in [1.29, 1.82) is 0 Å². The Morgan fingerprint density at radius 1 is 1.45 bits per heavy atom. The van der Waals surface area contributed by atoms with Gasteiger partial charge in [0, 0.05) is 38.0 Å². The number of rotatable bonds is 4. The number of anilines is 2. The van der Waals surface area contributed by atoms with Gasteiger partial charge in [-0.15, -0.1) is 0 Å². The number of carbonyl (C=O) groups excluding carboxylic acids is 1. The minimum atomic E-state index is -0.361. The third-order valence-corrected chi connectivity index (χ3v) is 2.87. The number of nitrogens with zero attached hydrogens (tertiary/aromatic N) is 2. The van der Waals surface area contributed by atoms with Crippen molar-refractivity contribution in [2.45, 2.75) is 20.4 Å². The van der Waals surface area contributed by atoms with Crippen LogP contribution in [0, 0.1) is 12.7 Å². The van der Waals surface area contributed by atoms with Crippen LogP contribution in [0.3, 0.4) is 0 Å². The molecule has 20 heavy (non-hydrogen) atoms. The number of hydrogen-bond donors (Lipinski definition) is 2. The van der Waals surface area contributed by atoms with Gasteiger partial charge in [0.2, 0.25) is 5.91 Å². The summed E-state index contributed by atoms with van der Waals surface area (Å²) in [5.74, 6) is -0.550. The second-order valence-corrected chi connectivity index (χ2v) is 4.64. The minimum absolute atomic E-state index is 0.189.